The van der Waals surface area contributed by atoms with Gasteiger partial charge in [0.15, 0.2) is 11.6 Å². The number of thioether (sulfide) groups is 1. The van der Waals surface area contributed by atoms with Gasteiger partial charge < -0.3 is 20.2 Å². The Kier molecular flexibility index (Phi) is 7.00. The summed E-state index contributed by atoms with van der Waals surface area (Å²) in [5, 5.41) is 24.8. The van der Waals surface area contributed by atoms with Crippen LogP contribution in [0.5, 0.6) is 0 Å². The van der Waals surface area contributed by atoms with Gasteiger partial charge >= 0.3 is 5.97 Å². The largest absolute Gasteiger partial charge is 0.477 e. The van der Waals surface area contributed by atoms with E-state index in [1.165, 1.54) is 21.5 Å². The molecular formula is C22H31N7O5S. The fourth-order valence-corrected chi connectivity index (χ4v) is 6.82. The van der Waals surface area contributed by atoms with Crippen LogP contribution in [0.15, 0.2) is 10.6 Å². The number of rotatable bonds is 9. The zero-order valence-electron chi connectivity index (χ0n) is 20.5. The number of ketones is 1. The predicted octanol–water partition coefficient (Wildman–Crippen LogP) is -0.0984. The maximum Gasteiger partial charge on any atom is 0.353 e. The number of β-lactam (4-membered cyclic amide) rings is 1. The highest BCUT2D eigenvalue weighted by Gasteiger charge is 2.60. The molecule has 12 nitrogen and oxygen atoms in total. The van der Waals surface area contributed by atoms with Crippen molar-refractivity contribution >= 4 is 35.3 Å². The van der Waals surface area contributed by atoms with Gasteiger partial charge in [0, 0.05) is 43.1 Å². The second kappa shape index (κ2) is 9.69. The molecule has 0 aromatic carbocycles. The number of nitrogens with zero attached hydrogens (tertiary/aromatic N) is 6. The van der Waals surface area contributed by atoms with Gasteiger partial charge in [0.1, 0.15) is 12.2 Å². The molecule has 13 heteroatoms. The van der Waals surface area contributed by atoms with Crippen LogP contribution in [0.1, 0.15) is 32.5 Å². The Labute approximate surface area is 207 Å². The number of carbonyl (C=O) groups is 4. The number of aryl methyl sites for hydroxylation is 1. The molecule has 0 radical (unpaired) electrons. The van der Waals surface area contributed by atoms with Crippen molar-refractivity contribution in [3.63, 3.8) is 0 Å². The molecule has 0 spiro atoms. The van der Waals surface area contributed by atoms with Crippen molar-refractivity contribution < 1.29 is 24.3 Å². The molecular weight excluding hydrogens is 474 g/mol. The summed E-state index contributed by atoms with van der Waals surface area (Å²) in [4.78, 5) is 55.0. The summed E-state index contributed by atoms with van der Waals surface area (Å²) in [6.45, 7) is 6.05. The summed E-state index contributed by atoms with van der Waals surface area (Å²) >= 11 is 1.45. The second-order valence-electron chi connectivity index (χ2n) is 9.79. The van der Waals surface area contributed by atoms with Crippen LogP contribution >= 0.6 is 11.8 Å². The van der Waals surface area contributed by atoms with E-state index in [1.807, 2.05) is 13.8 Å². The highest BCUT2D eigenvalue weighted by molar-refractivity contribution is 8.03. The smallest absolute Gasteiger partial charge is 0.353 e. The summed E-state index contributed by atoms with van der Waals surface area (Å²) in [7, 11) is 3.42. The monoisotopic (exact) mass is 505 g/mol. The van der Waals surface area contributed by atoms with Crippen LogP contribution in [0.3, 0.4) is 0 Å². The number of aromatic nitrogens is 4. The van der Waals surface area contributed by atoms with Crippen LogP contribution in [0.25, 0.3) is 0 Å². The first-order valence-electron chi connectivity index (χ1n) is 11.7. The number of Topliss-reactive ketones (excluding diaryl/α,β-unsaturated/α-hetero) is 1. The lowest BCUT2D eigenvalue weighted by Crippen LogP contribution is -2.62. The third-order valence-corrected chi connectivity index (χ3v) is 8.46. The van der Waals surface area contributed by atoms with E-state index >= 15 is 0 Å². The average Bonchev–Trinajstić information content (AvgIpc) is 3.46. The number of tetrazole rings is 1. The average molecular weight is 506 g/mol. The first kappa shape index (κ1) is 25.3. The molecule has 1 aromatic heterocycles. The number of hydrogen-bond donors (Lipinski definition) is 2. The minimum atomic E-state index is -1.13. The first-order valence-corrected chi connectivity index (χ1v) is 12.5. The Morgan fingerprint density at radius 2 is 2.03 bits per heavy atom. The van der Waals surface area contributed by atoms with Crippen LogP contribution in [-0.4, -0.2) is 96.7 Å². The molecule has 3 aliphatic rings. The molecule has 1 aromatic rings. The van der Waals surface area contributed by atoms with E-state index in [1.54, 1.807) is 25.9 Å². The molecule has 0 aliphatic carbocycles. The maximum absolute atomic E-state index is 13.1. The van der Waals surface area contributed by atoms with Gasteiger partial charge in [0.05, 0.1) is 18.0 Å². The fraction of sp³-hybridized carbons (Fsp3) is 0.682. The highest BCUT2D eigenvalue weighted by Crippen LogP contribution is 2.53. The van der Waals surface area contributed by atoms with Gasteiger partial charge in [0.25, 0.3) is 0 Å². The summed E-state index contributed by atoms with van der Waals surface area (Å²) in [6, 6.07) is -0.590. The molecule has 4 rings (SSSR count). The van der Waals surface area contributed by atoms with Gasteiger partial charge in [-0.3, -0.25) is 14.4 Å². The van der Waals surface area contributed by atoms with Gasteiger partial charge in [-0.1, -0.05) is 13.8 Å². The number of fused-ring (bicyclic) bond motifs is 1. The van der Waals surface area contributed by atoms with Crippen molar-refractivity contribution in [2.45, 2.75) is 57.5 Å². The quantitative estimate of drug-likeness (QED) is 0.436. The lowest BCUT2D eigenvalue weighted by atomic mass is 9.73. The molecule has 0 saturated carbocycles. The summed E-state index contributed by atoms with van der Waals surface area (Å²) in [5.41, 5.74) is 0.0388. The van der Waals surface area contributed by atoms with E-state index in [0.29, 0.717) is 23.7 Å². The number of carboxylic acid groups (broad SMARTS) is 1. The zero-order valence-corrected chi connectivity index (χ0v) is 21.3. The van der Waals surface area contributed by atoms with E-state index < -0.39 is 11.9 Å². The maximum atomic E-state index is 13.1. The van der Waals surface area contributed by atoms with Gasteiger partial charge in [0.2, 0.25) is 11.8 Å². The number of aliphatic carboxylic acids is 1. The fourth-order valence-electron chi connectivity index (χ4n) is 5.34. The van der Waals surface area contributed by atoms with Gasteiger partial charge in [-0.2, -0.15) is 4.80 Å². The summed E-state index contributed by atoms with van der Waals surface area (Å²) in [6.07, 6.45) is 0.757. The zero-order chi connectivity index (χ0) is 25.6. The van der Waals surface area contributed by atoms with E-state index in [4.69, 9.17) is 0 Å². The van der Waals surface area contributed by atoms with Gasteiger partial charge in [-0.15, -0.1) is 22.0 Å². The van der Waals surface area contributed by atoms with Crippen LogP contribution in [0.2, 0.25) is 0 Å². The first-order chi connectivity index (χ1) is 16.5. The lowest BCUT2D eigenvalue weighted by Gasteiger charge is -2.47. The third kappa shape index (κ3) is 4.70. The molecule has 2 N–H and O–H groups in total. The molecule has 4 heterocycles. The molecule has 3 aliphatic heterocycles. The van der Waals surface area contributed by atoms with E-state index in [9.17, 15) is 24.3 Å². The Hall–Kier alpha value is -2.80. The number of amides is 2. The Balaban J connectivity index is 1.43. The van der Waals surface area contributed by atoms with E-state index in [-0.39, 0.29) is 65.4 Å². The molecule has 0 bridgehead atoms. The van der Waals surface area contributed by atoms with Crippen molar-refractivity contribution in [2.24, 2.45) is 17.8 Å². The number of carboxylic acids is 1. The number of carbonyl (C=O) groups excluding carboxylic acids is 3. The summed E-state index contributed by atoms with van der Waals surface area (Å²) in [5.74, 6) is -1.88. The lowest BCUT2D eigenvalue weighted by molar-refractivity contribution is -0.160. The van der Waals surface area contributed by atoms with Crippen molar-refractivity contribution in [2.75, 3.05) is 20.6 Å². The van der Waals surface area contributed by atoms with E-state index in [2.05, 4.69) is 20.7 Å². The topological polar surface area (TPSA) is 151 Å². The third-order valence-electron chi connectivity index (χ3n) is 6.95. The molecule has 6 atom stereocenters. The van der Waals surface area contributed by atoms with Crippen molar-refractivity contribution in [3.8, 4) is 0 Å². The summed E-state index contributed by atoms with van der Waals surface area (Å²) < 4.78 is 0. The Bertz CT molecular complexity index is 1090. The van der Waals surface area contributed by atoms with Crippen molar-refractivity contribution in [1.29, 1.82) is 0 Å². The minimum Gasteiger partial charge on any atom is -0.477 e. The predicted molar refractivity (Wildman–Crippen MR) is 126 cm³/mol. The van der Waals surface area contributed by atoms with Crippen LogP contribution < -0.4 is 5.32 Å². The molecule has 0 unspecified atom stereocenters. The van der Waals surface area contributed by atoms with Gasteiger partial charge in [-0.05, 0) is 24.5 Å². The number of nitrogens with one attached hydrogen (secondary N) is 1. The standard InChI is InChI=1S/C22H31N7O5S/c1-10(6-13(30)9-28-25-12(3)24-26-28)16-17-11(2)19(18(22(33)34)29(17)21(16)32)35-14-7-15(23-8-14)20(31)27(4)5/h10-11,14-17,23H,6-9H2,1-5H3,(H,33,34)/t10-,11+,14-,15-,16+,17+/m0/s1. The highest BCUT2D eigenvalue weighted by atomic mass is 32.2. The SMILES string of the molecule is Cc1nnn(CC(=O)C[C@H](C)[C@H]2C(=O)N3C(C(=O)O)=C(S[C@@H]4CN[C@H](C(=O)N(C)C)C4)[C@H](C)[C@H]23)n1. The minimum absolute atomic E-state index is 0.00573. The van der Waals surface area contributed by atoms with Crippen molar-refractivity contribution in [1.82, 2.24) is 35.3 Å². The molecule has 35 heavy (non-hydrogen) atoms. The van der Waals surface area contributed by atoms with Crippen LogP contribution in [-0.2, 0) is 25.7 Å². The Morgan fingerprint density at radius 1 is 1.31 bits per heavy atom. The molecule has 2 amide bonds. The second-order valence-corrected chi connectivity index (χ2v) is 11.1. The molecule has 2 fully saturated rings. The number of likely N-dealkylation sites (N-methyl/N-ethyl adjacent to an activating group) is 1. The van der Waals surface area contributed by atoms with Crippen molar-refractivity contribution in [3.05, 3.63) is 16.4 Å². The number of hydrogen-bond acceptors (Lipinski definition) is 9. The van der Waals surface area contributed by atoms with E-state index in [0.717, 1.165) is 0 Å². The Morgan fingerprint density at radius 3 is 2.63 bits per heavy atom. The van der Waals surface area contributed by atoms with Crippen LogP contribution in [0, 0.1) is 24.7 Å². The molecule has 190 valence electrons. The van der Waals surface area contributed by atoms with Crippen LogP contribution in [0.4, 0.5) is 0 Å². The van der Waals surface area contributed by atoms with Gasteiger partial charge in [-0.25, -0.2) is 4.79 Å². The normalized spacial score (nSPS) is 28.7. The molecule has 2 saturated heterocycles.